The summed E-state index contributed by atoms with van der Waals surface area (Å²) in [6, 6.07) is 14.6. The number of hydrogen-bond acceptors (Lipinski definition) is 5. The molecule has 2 heterocycles. The molecule has 0 unspecified atom stereocenters. The number of carbonyl (C=O) groups is 2. The minimum atomic E-state index is -0.770. The second-order valence-electron chi connectivity index (χ2n) is 10.2. The Hall–Kier alpha value is -3.26. The lowest BCUT2D eigenvalue weighted by molar-refractivity contribution is -0.143. The summed E-state index contributed by atoms with van der Waals surface area (Å²) in [5, 5.41) is 10.7. The SMILES string of the molecule is CC(C)OC(=O)N1CC(c2ccc(-c3sc(-c4ccc(F)cc4)nc3[C@@H]3CCCC[C@H]3C(=O)O)cc2)C1. The average molecular weight is 523 g/mol. The third-order valence-electron chi connectivity index (χ3n) is 7.30. The van der Waals surface area contributed by atoms with E-state index >= 15 is 0 Å². The molecular formula is C29H31FN2O4S. The summed E-state index contributed by atoms with van der Waals surface area (Å²) in [6.45, 7) is 4.95. The number of carboxylic acid groups (broad SMARTS) is 1. The predicted octanol–water partition coefficient (Wildman–Crippen LogP) is 6.92. The van der Waals surface area contributed by atoms with Gasteiger partial charge in [-0.3, -0.25) is 4.79 Å². The Balaban J connectivity index is 1.43. The topological polar surface area (TPSA) is 79.7 Å². The first kappa shape index (κ1) is 25.4. The number of benzene rings is 2. The Morgan fingerprint density at radius 2 is 1.68 bits per heavy atom. The molecule has 0 radical (unpaired) electrons. The van der Waals surface area contributed by atoms with Crippen molar-refractivity contribution in [2.24, 2.45) is 5.92 Å². The first-order valence-corrected chi connectivity index (χ1v) is 13.7. The third kappa shape index (κ3) is 5.39. The maximum absolute atomic E-state index is 13.5. The van der Waals surface area contributed by atoms with Crippen molar-refractivity contribution >= 4 is 23.4 Å². The van der Waals surface area contributed by atoms with Crippen LogP contribution in [0.4, 0.5) is 9.18 Å². The molecule has 1 N–H and O–H groups in total. The normalized spacial score (nSPS) is 20.1. The lowest BCUT2D eigenvalue weighted by Crippen LogP contribution is -2.49. The first-order chi connectivity index (χ1) is 17.8. The zero-order valence-corrected chi connectivity index (χ0v) is 21.8. The van der Waals surface area contributed by atoms with Crippen molar-refractivity contribution < 1.29 is 23.8 Å². The quantitative estimate of drug-likeness (QED) is 0.380. The molecule has 6 nitrogen and oxygen atoms in total. The largest absolute Gasteiger partial charge is 0.481 e. The maximum atomic E-state index is 13.5. The highest BCUT2D eigenvalue weighted by molar-refractivity contribution is 7.18. The van der Waals surface area contributed by atoms with Crippen LogP contribution in [-0.4, -0.2) is 46.2 Å². The molecule has 1 aliphatic heterocycles. The minimum Gasteiger partial charge on any atom is -0.481 e. The van der Waals surface area contributed by atoms with Crippen LogP contribution >= 0.6 is 11.3 Å². The number of carboxylic acids is 1. The number of thiazole rings is 1. The fourth-order valence-corrected chi connectivity index (χ4v) is 6.43. The average Bonchev–Trinajstić information content (AvgIpc) is 3.29. The van der Waals surface area contributed by atoms with Crippen LogP contribution in [-0.2, 0) is 9.53 Å². The minimum absolute atomic E-state index is 0.135. The Morgan fingerprint density at radius 1 is 1.03 bits per heavy atom. The summed E-state index contributed by atoms with van der Waals surface area (Å²) >= 11 is 1.53. The molecule has 1 saturated heterocycles. The van der Waals surface area contributed by atoms with Crippen molar-refractivity contribution in [3.05, 3.63) is 65.6 Å². The van der Waals surface area contributed by atoms with Crippen LogP contribution in [0.3, 0.4) is 0 Å². The Morgan fingerprint density at radius 3 is 2.32 bits per heavy atom. The number of rotatable bonds is 6. The molecule has 1 amide bonds. The summed E-state index contributed by atoms with van der Waals surface area (Å²) in [7, 11) is 0. The monoisotopic (exact) mass is 522 g/mol. The molecule has 0 spiro atoms. The van der Waals surface area contributed by atoms with E-state index in [9.17, 15) is 19.1 Å². The Labute approximate surface area is 220 Å². The first-order valence-electron chi connectivity index (χ1n) is 12.9. The number of halogens is 1. The third-order valence-corrected chi connectivity index (χ3v) is 8.47. The van der Waals surface area contributed by atoms with Crippen molar-refractivity contribution in [3.63, 3.8) is 0 Å². The van der Waals surface area contributed by atoms with E-state index in [-0.39, 0.29) is 29.9 Å². The van der Waals surface area contributed by atoms with Gasteiger partial charge in [-0.1, -0.05) is 37.1 Å². The van der Waals surface area contributed by atoms with Crippen LogP contribution < -0.4 is 0 Å². The van der Waals surface area contributed by atoms with E-state index in [2.05, 4.69) is 24.3 Å². The van der Waals surface area contributed by atoms with Crippen LogP contribution in [0.15, 0.2) is 48.5 Å². The van der Waals surface area contributed by atoms with E-state index in [0.717, 1.165) is 51.5 Å². The second-order valence-corrected chi connectivity index (χ2v) is 11.2. The van der Waals surface area contributed by atoms with Crippen molar-refractivity contribution in [2.45, 2.75) is 57.5 Å². The molecule has 1 saturated carbocycles. The highest BCUT2D eigenvalue weighted by Gasteiger charge is 2.36. The summed E-state index contributed by atoms with van der Waals surface area (Å²) in [6.07, 6.45) is 2.93. The van der Waals surface area contributed by atoms with Gasteiger partial charge >= 0.3 is 12.1 Å². The van der Waals surface area contributed by atoms with Crippen LogP contribution in [0.5, 0.6) is 0 Å². The van der Waals surface area contributed by atoms with E-state index in [0.29, 0.717) is 19.5 Å². The Bertz CT molecular complexity index is 1270. The molecule has 3 aromatic rings. The molecule has 2 atom stereocenters. The number of nitrogens with zero attached hydrogens (tertiary/aromatic N) is 2. The zero-order valence-electron chi connectivity index (χ0n) is 21.0. The number of aliphatic carboxylic acids is 1. The van der Waals surface area contributed by atoms with E-state index in [1.165, 1.54) is 23.5 Å². The van der Waals surface area contributed by atoms with Gasteiger partial charge in [-0.25, -0.2) is 14.2 Å². The van der Waals surface area contributed by atoms with E-state index < -0.39 is 11.9 Å². The molecule has 2 aromatic carbocycles. The van der Waals surface area contributed by atoms with E-state index in [4.69, 9.17) is 9.72 Å². The molecule has 0 bridgehead atoms. The maximum Gasteiger partial charge on any atom is 0.410 e. The molecular weight excluding hydrogens is 491 g/mol. The van der Waals surface area contributed by atoms with Crippen LogP contribution in [0.1, 0.15) is 62.6 Å². The predicted molar refractivity (Wildman–Crippen MR) is 141 cm³/mol. The van der Waals surface area contributed by atoms with Gasteiger partial charge in [0.2, 0.25) is 0 Å². The molecule has 1 aromatic heterocycles. The van der Waals surface area contributed by atoms with E-state index in [1.807, 2.05) is 13.8 Å². The van der Waals surface area contributed by atoms with Gasteiger partial charge in [0, 0.05) is 30.5 Å². The number of likely N-dealkylation sites (tertiary alicyclic amines) is 1. The van der Waals surface area contributed by atoms with Crippen LogP contribution in [0, 0.1) is 11.7 Å². The Kier molecular flexibility index (Phi) is 7.29. The molecule has 1 aliphatic carbocycles. The van der Waals surface area contributed by atoms with Gasteiger partial charge in [0.15, 0.2) is 0 Å². The van der Waals surface area contributed by atoms with Crippen molar-refractivity contribution in [2.75, 3.05) is 13.1 Å². The fraction of sp³-hybridized carbons (Fsp3) is 0.414. The van der Waals surface area contributed by atoms with Gasteiger partial charge in [-0.15, -0.1) is 11.3 Å². The molecule has 37 heavy (non-hydrogen) atoms. The molecule has 194 valence electrons. The summed E-state index contributed by atoms with van der Waals surface area (Å²) < 4.78 is 18.8. The van der Waals surface area contributed by atoms with Gasteiger partial charge in [0.05, 0.1) is 22.6 Å². The van der Waals surface area contributed by atoms with Crippen LogP contribution in [0.25, 0.3) is 21.0 Å². The second kappa shape index (κ2) is 10.6. The summed E-state index contributed by atoms with van der Waals surface area (Å²) in [4.78, 5) is 31.8. The molecule has 2 aliphatic rings. The van der Waals surface area contributed by atoms with Crippen molar-refractivity contribution in [1.29, 1.82) is 0 Å². The van der Waals surface area contributed by atoms with E-state index in [1.54, 1.807) is 17.0 Å². The van der Waals surface area contributed by atoms with Crippen molar-refractivity contribution in [3.8, 4) is 21.0 Å². The van der Waals surface area contributed by atoms with Gasteiger partial charge in [-0.05, 0) is 62.1 Å². The number of hydrogen-bond donors (Lipinski definition) is 1. The highest BCUT2D eigenvalue weighted by Crippen LogP contribution is 2.46. The number of amides is 1. The van der Waals surface area contributed by atoms with Gasteiger partial charge in [0.1, 0.15) is 10.8 Å². The highest BCUT2D eigenvalue weighted by atomic mass is 32.1. The van der Waals surface area contributed by atoms with Gasteiger partial charge in [0.25, 0.3) is 0 Å². The lowest BCUT2D eigenvalue weighted by atomic mass is 9.77. The molecule has 2 fully saturated rings. The number of ether oxygens (including phenoxy) is 1. The number of aromatic nitrogens is 1. The van der Waals surface area contributed by atoms with Crippen LogP contribution in [0.2, 0.25) is 0 Å². The smallest absolute Gasteiger partial charge is 0.410 e. The summed E-state index contributed by atoms with van der Waals surface area (Å²) in [5.74, 6) is -1.42. The molecule has 8 heteroatoms. The van der Waals surface area contributed by atoms with Crippen molar-refractivity contribution in [1.82, 2.24) is 9.88 Å². The fourth-order valence-electron chi connectivity index (χ4n) is 5.28. The zero-order chi connectivity index (χ0) is 26.1. The summed E-state index contributed by atoms with van der Waals surface area (Å²) in [5.41, 5.74) is 3.80. The number of carbonyl (C=O) groups excluding carboxylic acids is 1. The van der Waals surface area contributed by atoms with Gasteiger partial charge in [-0.2, -0.15) is 0 Å². The standard InChI is InChI=1S/C29H31FN2O4S/c1-17(2)36-29(35)32-15-21(16-32)18-7-9-19(10-8-18)26-25(23-5-3-4-6-24(23)28(33)34)31-27(37-26)20-11-13-22(30)14-12-20/h7-14,17,21,23-24H,3-6,15-16H2,1-2H3,(H,33,34)/t23-,24-/m1/s1. The molecule has 5 rings (SSSR count). The lowest BCUT2D eigenvalue weighted by Gasteiger charge is -2.39. The van der Waals surface area contributed by atoms with Gasteiger partial charge < -0.3 is 14.7 Å².